The molecule has 0 aliphatic rings. The van der Waals surface area contributed by atoms with Gasteiger partial charge in [-0.25, -0.2) is 0 Å². The van der Waals surface area contributed by atoms with Crippen LogP contribution in [0.4, 0.5) is 5.69 Å². The smallest absolute Gasteiger partial charge is 0.0468 e. The van der Waals surface area contributed by atoms with E-state index in [2.05, 4.69) is 12.2 Å². The van der Waals surface area contributed by atoms with Crippen molar-refractivity contribution >= 4 is 28.6 Å². The fourth-order valence-corrected chi connectivity index (χ4v) is 2.73. The molecule has 0 saturated carbocycles. The third-order valence-corrected chi connectivity index (χ3v) is 4.00. The van der Waals surface area contributed by atoms with Crippen molar-refractivity contribution in [2.24, 2.45) is 0 Å². The highest BCUT2D eigenvalue weighted by Gasteiger charge is 2.09. The Balaban J connectivity index is 2.01. The van der Waals surface area contributed by atoms with Crippen LogP contribution in [0.25, 0.3) is 0 Å². The minimum absolute atomic E-state index is 0.213. The fourth-order valence-electron chi connectivity index (χ4n) is 1.68. The van der Waals surface area contributed by atoms with Gasteiger partial charge in [0.2, 0.25) is 0 Å². The maximum absolute atomic E-state index is 6.15. The van der Waals surface area contributed by atoms with Gasteiger partial charge < -0.3 is 11.1 Å². The van der Waals surface area contributed by atoms with Gasteiger partial charge in [0.15, 0.2) is 0 Å². The van der Waals surface area contributed by atoms with Crippen molar-refractivity contribution in [3.8, 4) is 0 Å². The Labute approximate surface area is 110 Å². The second-order valence-corrected chi connectivity index (χ2v) is 5.33. The highest BCUT2D eigenvalue weighted by atomic mass is 35.5. The Morgan fingerprint density at radius 3 is 2.76 bits per heavy atom. The summed E-state index contributed by atoms with van der Waals surface area (Å²) in [7, 11) is 0. The summed E-state index contributed by atoms with van der Waals surface area (Å²) in [5, 5.41) is 6.23. The van der Waals surface area contributed by atoms with Gasteiger partial charge in [0.05, 0.1) is 0 Å². The zero-order valence-corrected chi connectivity index (χ0v) is 11.2. The summed E-state index contributed by atoms with van der Waals surface area (Å²) >= 11 is 7.82. The van der Waals surface area contributed by atoms with Gasteiger partial charge in [-0.2, -0.15) is 0 Å². The first-order valence-electron chi connectivity index (χ1n) is 5.48. The van der Waals surface area contributed by atoms with Gasteiger partial charge in [-0.1, -0.05) is 29.8 Å². The van der Waals surface area contributed by atoms with Crippen LogP contribution >= 0.6 is 22.9 Å². The Hall–Kier alpha value is -1.03. The van der Waals surface area contributed by atoms with Crippen LogP contribution in [-0.4, -0.2) is 0 Å². The standard InChI is InChI=1S/C13H15ClN2S/c1-9(10-4-2-3-5-11(10)14)16-8-13-12(15)6-7-17-13/h2-7,9,16H,8,15H2,1H3. The third-order valence-electron chi connectivity index (χ3n) is 2.72. The molecule has 3 N–H and O–H groups in total. The maximum Gasteiger partial charge on any atom is 0.0468 e. The van der Waals surface area contributed by atoms with Crippen LogP contribution in [0, 0.1) is 0 Å². The summed E-state index contributed by atoms with van der Waals surface area (Å²) in [4.78, 5) is 1.17. The van der Waals surface area contributed by atoms with Gasteiger partial charge in [0, 0.05) is 28.2 Å². The molecule has 1 aromatic carbocycles. The summed E-state index contributed by atoms with van der Waals surface area (Å²) < 4.78 is 0. The number of nitrogens with two attached hydrogens (primary N) is 1. The highest BCUT2D eigenvalue weighted by molar-refractivity contribution is 7.10. The van der Waals surface area contributed by atoms with E-state index < -0.39 is 0 Å². The van der Waals surface area contributed by atoms with Crippen molar-refractivity contribution in [3.05, 3.63) is 51.2 Å². The Morgan fingerprint density at radius 1 is 1.35 bits per heavy atom. The largest absolute Gasteiger partial charge is 0.398 e. The van der Waals surface area contributed by atoms with E-state index in [1.165, 1.54) is 4.88 Å². The number of benzene rings is 1. The van der Waals surface area contributed by atoms with Crippen LogP contribution in [0.5, 0.6) is 0 Å². The summed E-state index contributed by atoms with van der Waals surface area (Å²) in [5.74, 6) is 0. The number of thiophene rings is 1. The Kier molecular flexibility index (Phi) is 4.05. The monoisotopic (exact) mass is 266 g/mol. The first-order valence-corrected chi connectivity index (χ1v) is 6.74. The van der Waals surface area contributed by atoms with Crippen LogP contribution < -0.4 is 11.1 Å². The molecule has 0 saturated heterocycles. The van der Waals surface area contributed by atoms with Crippen LogP contribution in [0.1, 0.15) is 23.4 Å². The highest BCUT2D eigenvalue weighted by Crippen LogP contribution is 2.24. The number of rotatable bonds is 4. The molecule has 0 bridgehead atoms. The number of anilines is 1. The molecule has 0 amide bonds. The van der Waals surface area contributed by atoms with E-state index in [-0.39, 0.29) is 6.04 Å². The number of halogens is 1. The van der Waals surface area contributed by atoms with Crippen molar-refractivity contribution in [2.75, 3.05) is 5.73 Å². The van der Waals surface area contributed by atoms with Gasteiger partial charge in [-0.15, -0.1) is 11.3 Å². The molecule has 1 heterocycles. The molecule has 0 aliphatic carbocycles. The lowest BCUT2D eigenvalue weighted by Crippen LogP contribution is -2.18. The zero-order chi connectivity index (χ0) is 12.3. The van der Waals surface area contributed by atoms with E-state index in [1.54, 1.807) is 11.3 Å². The van der Waals surface area contributed by atoms with E-state index in [9.17, 15) is 0 Å². The Morgan fingerprint density at radius 2 is 2.12 bits per heavy atom. The molecule has 0 spiro atoms. The number of hydrogen-bond acceptors (Lipinski definition) is 3. The van der Waals surface area contributed by atoms with Gasteiger partial charge in [-0.05, 0) is 30.0 Å². The molecule has 1 unspecified atom stereocenters. The molecule has 4 heteroatoms. The first-order chi connectivity index (χ1) is 8.18. The number of nitrogens with one attached hydrogen (secondary N) is 1. The van der Waals surface area contributed by atoms with E-state index in [0.29, 0.717) is 0 Å². The van der Waals surface area contributed by atoms with Crippen molar-refractivity contribution in [3.63, 3.8) is 0 Å². The first kappa shape index (κ1) is 12.4. The summed E-state index contributed by atoms with van der Waals surface area (Å²) in [5.41, 5.74) is 7.81. The minimum Gasteiger partial charge on any atom is -0.398 e. The topological polar surface area (TPSA) is 38.0 Å². The molecular formula is C13H15ClN2S. The lowest BCUT2D eigenvalue weighted by molar-refractivity contribution is 0.579. The lowest BCUT2D eigenvalue weighted by Gasteiger charge is -2.15. The molecular weight excluding hydrogens is 252 g/mol. The van der Waals surface area contributed by atoms with Crippen LogP contribution in [0.15, 0.2) is 35.7 Å². The average molecular weight is 267 g/mol. The van der Waals surface area contributed by atoms with Crippen molar-refractivity contribution in [1.29, 1.82) is 0 Å². The van der Waals surface area contributed by atoms with Crippen molar-refractivity contribution < 1.29 is 0 Å². The zero-order valence-electron chi connectivity index (χ0n) is 9.61. The summed E-state index contributed by atoms with van der Waals surface area (Å²) in [6, 6.07) is 10.0. The second kappa shape index (κ2) is 5.54. The maximum atomic E-state index is 6.15. The van der Waals surface area contributed by atoms with Crippen LogP contribution in [0.2, 0.25) is 5.02 Å². The van der Waals surface area contributed by atoms with E-state index in [0.717, 1.165) is 22.8 Å². The molecule has 17 heavy (non-hydrogen) atoms. The molecule has 2 aromatic rings. The van der Waals surface area contributed by atoms with Gasteiger partial charge in [-0.3, -0.25) is 0 Å². The number of nitrogen functional groups attached to an aromatic ring is 1. The van der Waals surface area contributed by atoms with E-state index in [1.807, 2.05) is 35.7 Å². The van der Waals surface area contributed by atoms with Crippen LogP contribution in [0.3, 0.4) is 0 Å². The molecule has 2 nitrogen and oxygen atoms in total. The van der Waals surface area contributed by atoms with E-state index in [4.69, 9.17) is 17.3 Å². The molecule has 2 rings (SSSR count). The van der Waals surface area contributed by atoms with E-state index >= 15 is 0 Å². The fraction of sp³-hybridized carbons (Fsp3) is 0.231. The number of hydrogen-bond donors (Lipinski definition) is 2. The second-order valence-electron chi connectivity index (χ2n) is 3.92. The molecule has 0 radical (unpaired) electrons. The summed E-state index contributed by atoms with van der Waals surface area (Å²) in [6.07, 6.45) is 0. The molecule has 0 aliphatic heterocycles. The van der Waals surface area contributed by atoms with Gasteiger partial charge >= 0.3 is 0 Å². The molecule has 1 atom stereocenters. The predicted octanol–water partition coefficient (Wildman–Crippen LogP) is 3.83. The average Bonchev–Trinajstić information content (AvgIpc) is 2.72. The SMILES string of the molecule is CC(NCc1sccc1N)c1ccccc1Cl. The van der Waals surface area contributed by atoms with Crippen molar-refractivity contribution in [2.45, 2.75) is 19.5 Å². The Bertz CT molecular complexity index is 496. The normalized spacial score (nSPS) is 12.6. The molecule has 90 valence electrons. The lowest BCUT2D eigenvalue weighted by atomic mass is 10.1. The third kappa shape index (κ3) is 3.00. The molecule has 1 aromatic heterocycles. The van der Waals surface area contributed by atoms with Crippen molar-refractivity contribution in [1.82, 2.24) is 5.32 Å². The minimum atomic E-state index is 0.213. The van der Waals surface area contributed by atoms with Crippen LogP contribution in [-0.2, 0) is 6.54 Å². The van der Waals surface area contributed by atoms with Gasteiger partial charge in [0.1, 0.15) is 0 Å². The molecule has 0 fully saturated rings. The quantitative estimate of drug-likeness (QED) is 0.883. The predicted molar refractivity (Wildman–Crippen MR) is 75.4 cm³/mol. The summed E-state index contributed by atoms with van der Waals surface area (Å²) in [6.45, 7) is 2.88. The van der Waals surface area contributed by atoms with Gasteiger partial charge in [0.25, 0.3) is 0 Å².